The fourth-order valence-electron chi connectivity index (χ4n) is 5.47. The number of piperidine rings is 1. The van der Waals surface area contributed by atoms with Crippen LogP contribution in [0.2, 0.25) is 0 Å². The third-order valence-electron chi connectivity index (χ3n) is 7.57. The highest BCUT2D eigenvalue weighted by atomic mass is 32.2. The first-order chi connectivity index (χ1) is 17.3. The van der Waals surface area contributed by atoms with Gasteiger partial charge in [0, 0.05) is 25.2 Å². The number of rotatable bonds is 6. The van der Waals surface area contributed by atoms with Crippen molar-refractivity contribution in [3.8, 4) is 17.1 Å². The number of aromatic amines is 1. The van der Waals surface area contributed by atoms with Crippen LogP contribution in [0.25, 0.3) is 22.4 Å². The number of H-pyrrole nitrogens is 1. The van der Waals surface area contributed by atoms with Gasteiger partial charge in [0.1, 0.15) is 17.1 Å². The molecule has 1 saturated carbocycles. The fourth-order valence-corrected chi connectivity index (χ4v) is 6.96. The van der Waals surface area contributed by atoms with Gasteiger partial charge in [0.25, 0.3) is 5.56 Å². The molecule has 2 N–H and O–H groups in total. The minimum Gasteiger partial charge on any atom is -0.496 e. The van der Waals surface area contributed by atoms with E-state index in [0.717, 1.165) is 38.5 Å². The Labute approximate surface area is 211 Å². The highest BCUT2D eigenvalue weighted by molar-refractivity contribution is 7.89. The van der Waals surface area contributed by atoms with Crippen molar-refractivity contribution in [2.24, 2.45) is 0 Å². The first-order valence-corrected chi connectivity index (χ1v) is 14.1. The molecule has 0 spiro atoms. The Morgan fingerprint density at radius 3 is 2.50 bits per heavy atom. The van der Waals surface area contributed by atoms with Gasteiger partial charge < -0.3 is 15.0 Å². The summed E-state index contributed by atoms with van der Waals surface area (Å²) < 4.78 is 35.5. The van der Waals surface area contributed by atoms with Crippen LogP contribution in [-0.4, -0.2) is 65.8 Å². The van der Waals surface area contributed by atoms with Crippen molar-refractivity contribution < 1.29 is 13.2 Å². The zero-order valence-corrected chi connectivity index (χ0v) is 21.9. The summed E-state index contributed by atoms with van der Waals surface area (Å²) in [6.45, 7) is 2.80. The molecular weight excluding hydrogens is 480 g/mol. The average Bonchev–Trinajstić information content (AvgIpc) is 3.25. The van der Waals surface area contributed by atoms with E-state index in [1.807, 2.05) is 18.7 Å². The summed E-state index contributed by atoms with van der Waals surface area (Å²) in [6.07, 6.45) is 7.03. The molecule has 1 aliphatic heterocycles. The van der Waals surface area contributed by atoms with Crippen molar-refractivity contribution in [1.29, 1.82) is 0 Å². The number of hydrogen-bond donors (Lipinski definition) is 2. The monoisotopic (exact) mass is 514 g/mol. The standard InChI is InChI=1S/C25H34N6O4S/c1-16-22-23(31(29-16)18-7-5-4-6-8-18)25(32)28-24(27-22)20-10-9-19(15-21(20)35-3)36(33,34)30-13-11-17(26-2)12-14-30/h9-10,15,17-18,26H,4-8,11-14H2,1-3H3,(H,27,28,32). The van der Waals surface area contributed by atoms with E-state index in [1.54, 1.807) is 12.1 Å². The lowest BCUT2D eigenvalue weighted by molar-refractivity contribution is 0.298. The minimum atomic E-state index is -3.66. The molecule has 0 unspecified atom stereocenters. The van der Waals surface area contributed by atoms with E-state index in [-0.39, 0.29) is 16.5 Å². The molecule has 0 amide bonds. The molecule has 3 heterocycles. The smallest absolute Gasteiger partial charge is 0.277 e. The third kappa shape index (κ3) is 4.44. The van der Waals surface area contributed by atoms with Crippen LogP contribution >= 0.6 is 0 Å². The molecule has 5 rings (SSSR count). The Morgan fingerprint density at radius 1 is 1.11 bits per heavy atom. The van der Waals surface area contributed by atoms with Gasteiger partial charge in [0.2, 0.25) is 10.0 Å². The van der Waals surface area contributed by atoms with Crippen LogP contribution in [0.1, 0.15) is 56.7 Å². The third-order valence-corrected chi connectivity index (χ3v) is 9.47. The van der Waals surface area contributed by atoms with E-state index in [4.69, 9.17) is 9.72 Å². The van der Waals surface area contributed by atoms with Crippen molar-refractivity contribution in [3.05, 3.63) is 34.2 Å². The van der Waals surface area contributed by atoms with Gasteiger partial charge in [-0.15, -0.1) is 0 Å². The maximum atomic E-state index is 13.3. The summed E-state index contributed by atoms with van der Waals surface area (Å²) in [4.78, 5) is 21.0. The van der Waals surface area contributed by atoms with Gasteiger partial charge in [-0.05, 0) is 51.8 Å². The van der Waals surface area contributed by atoms with Gasteiger partial charge in [-0.3, -0.25) is 9.48 Å². The van der Waals surface area contributed by atoms with E-state index in [9.17, 15) is 13.2 Å². The molecular formula is C25H34N6O4S. The average molecular weight is 515 g/mol. The molecule has 10 nitrogen and oxygen atoms in total. The van der Waals surface area contributed by atoms with Gasteiger partial charge in [0.15, 0.2) is 5.52 Å². The molecule has 0 atom stereocenters. The second-order valence-electron chi connectivity index (χ2n) is 9.76. The molecule has 0 bridgehead atoms. The number of ether oxygens (including phenoxy) is 1. The summed E-state index contributed by atoms with van der Waals surface area (Å²) in [5.41, 5.74) is 2.02. The molecule has 194 valence electrons. The lowest BCUT2D eigenvalue weighted by atomic mass is 9.95. The normalized spacial score (nSPS) is 18.6. The summed E-state index contributed by atoms with van der Waals surface area (Å²) >= 11 is 0. The molecule has 2 aromatic heterocycles. The summed E-state index contributed by atoms with van der Waals surface area (Å²) in [5, 5.41) is 7.89. The van der Waals surface area contributed by atoms with Crippen molar-refractivity contribution in [2.45, 2.75) is 68.8 Å². The fraction of sp³-hybridized carbons (Fsp3) is 0.560. The minimum absolute atomic E-state index is 0.163. The molecule has 36 heavy (non-hydrogen) atoms. The number of hydrogen-bond acceptors (Lipinski definition) is 7. The number of nitrogens with one attached hydrogen (secondary N) is 2. The number of aromatic nitrogens is 4. The van der Waals surface area contributed by atoms with Crippen molar-refractivity contribution in [2.75, 3.05) is 27.2 Å². The van der Waals surface area contributed by atoms with Crippen LogP contribution < -0.4 is 15.6 Å². The summed E-state index contributed by atoms with van der Waals surface area (Å²) in [5.74, 6) is 0.662. The Morgan fingerprint density at radius 2 is 1.83 bits per heavy atom. The Balaban J connectivity index is 1.50. The Bertz CT molecular complexity index is 1420. The quantitative estimate of drug-likeness (QED) is 0.518. The Hall–Kier alpha value is -2.76. The molecule has 3 aromatic rings. The Kier molecular flexibility index (Phi) is 6.88. The first-order valence-electron chi connectivity index (χ1n) is 12.7. The maximum Gasteiger partial charge on any atom is 0.277 e. The second-order valence-corrected chi connectivity index (χ2v) is 11.7. The largest absolute Gasteiger partial charge is 0.496 e. The van der Waals surface area contributed by atoms with Crippen LogP contribution in [0.4, 0.5) is 0 Å². The van der Waals surface area contributed by atoms with Gasteiger partial charge in [-0.1, -0.05) is 19.3 Å². The predicted molar refractivity (Wildman–Crippen MR) is 138 cm³/mol. The summed E-state index contributed by atoms with van der Waals surface area (Å²) in [7, 11) is -0.282. The van der Waals surface area contributed by atoms with E-state index in [0.29, 0.717) is 53.0 Å². The zero-order chi connectivity index (χ0) is 25.4. The number of benzene rings is 1. The van der Waals surface area contributed by atoms with E-state index >= 15 is 0 Å². The predicted octanol–water partition coefficient (Wildman–Crippen LogP) is 2.98. The zero-order valence-electron chi connectivity index (χ0n) is 21.1. The van der Waals surface area contributed by atoms with Crippen LogP contribution in [0.5, 0.6) is 5.75 Å². The van der Waals surface area contributed by atoms with Crippen LogP contribution in [0.15, 0.2) is 27.9 Å². The number of nitrogens with zero attached hydrogens (tertiary/aromatic N) is 4. The van der Waals surface area contributed by atoms with Gasteiger partial charge >= 0.3 is 0 Å². The van der Waals surface area contributed by atoms with E-state index in [1.165, 1.54) is 23.9 Å². The maximum absolute atomic E-state index is 13.3. The van der Waals surface area contributed by atoms with Crippen molar-refractivity contribution >= 4 is 21.1 Å². The lowest BCUT2D eigenvalue weighted by Gasteiger charge is -2.31. The topological polar surface area (TPSA) is 122 Å². The summed E-state index contributed by atoms with van der Waals surface area (Å²) in [6, 6.07) is 5.26. The number of sulfonamides is 1. The number of methoxy groups -OCH3 is 1. The second kappa shape index (κ2) is 9.95. The SMILES string of the molecule is CNC1CCN(S(=O)(=O)c2ccc(-c3nc4c(C)nn(C5CCCCC5)c4c(=O)[nH]3)c(OC)c2)CC1. The number of aryl methyl sites for hydroxylation is 1. The van der Waals surface area contributed by atoms with Gasteiger partial charge in [0.05, 0.1) is 29.3 Å². The molecule has 11 heteroatoms. The van der Waals surface area contributed by atoms with Crippen LogP contribution in [-0.2, 0) is 10.0 Å². The van der Waals surface area contributed by atoms with Crippen molar-refractivity contribution in [1.82, 2.24) is 29.4 Å². The van der Waals surface area contributed by atoms with E-state index in [2.05, 4.69) is 15.4 Å². The molecule has 1 saturated heterocycles. The molecule has 1 aliphatic carbocycles. The van der Waals surface area contributed by atoms with Crippen LogP contribution in [0.3, 0.4) is 0 Å². The molecule has 1 aromatic carbocycles. The van der Waals surface area contributed by atoms with Crippen LogP contribution in [0, 0.1) is 6.92 Å². The highest BCUT2D eigenvalue weighted by Gasteiger charge is 2.30. The highest BCUT2D eigenvalue weighted by Crippen LogP contribution is 2.34. The molecule has 2 fully saturated rings. The van der Waals surface area contributed by atoms with Crippen molar-refractivity contribution in [3.63, 3.8) is 0 Å². The van der Waals surface area contributed by atoms with E-state index < -0.39 is 10.0 Å². The lowest BCUT2D eigenvalue weighted by Crippen LogP contribution is -2.43. The molecule has 0 radical (unpaired) electrons. The molecule has 2 aliphatic rings. The number of fused-ring (bicyclic) bond motifs is 1. The first kappa shape index (κ1) is 24.9. The van der Waals surface area contributed by atoms with Gasteiger partial charge in [-0.25, -0.2) is 13.4 Å². The van der Waals surface area contributed by atoms with Gasteiger partial charge in [-0.2, -0.15) is 9.40 Å².